The number of anilines is 1. The predicted molar refractivity (Wildman–Crippen MR) is 88.4 cm³/mol. The van der Waals surface area contributed by atoms with Crippen molar-refractivity contribution in [1.82, 2.24) is 0 Å². The first-order valence-electron chi connectivity index (χ1n) is 5.95. The van der Waals surface area contributed by atoms with E-state index in [1.807, 2.05) is 0 Å². The summed E-state index contributed by atoms with van der Waals surface area (Å²) in [7, 11) is -3.24. The van der Waals surface area contributed by atoms with Crippen molar-refractivity contribution >= 4 is 50.3 Å². The van der Waals surface area contributed by atoms with Crippen LogP contribution in [0.25, 0.3) is 0 Å². The second-order valence-electron chi connectivity index (χ2n) is 4.48. The van der Waals surface area contributed by atoms with Crippen molar-refractivity contribution in [3.63, 3.8) is 0 Å². The van der Waals surface area contributed by atoms with Gasteiger partial charge in [0, 0.05) is 29.1 Å². The lowest BCUT2D eigenvalue weighted by Gasteiger charge is -2.11. The molecule has 0 saturated heterocycles. The van der Waals surface area contributed by atoms with Gasteiger partial charge < -0.3 is 5.32 Å². The summed E-state index contributed by atoms with van der Waals surface area (Å²) in [5.74, 6) is 0. The van der Waals surface area contributed by atoms with Gasteiger partial charge in [-0.1, -0.05) is 40.9 Å². The summed E-state index contributed by atoms with van der Waals surface area (Å²) in [5, 5.41) is 4.39. The van der Waals surface area contributed by atoms with Gasteiger partial charge in [-0.05, 0) is 30.3 Å². The Bertz CT molecular complexity index is 776. The maximum absolute atomic E-state index is 11.5. The van der Waals surface area contributed by atoms with E-state index in [4.69, 9.17) is 34.8 Å². The minimum Gasteiger partial charge on any atom is -0.381 e. The molecule has 0 bridgehead atoms. The van der Waals surface area contributed by atoms with Crippen LogP contribution in [0.4, 0.5) is 5.69 Å². The van der Waals surface area contributed by atoms with E-state index >= 15 is 0 Å². The molecular formula is C14H12Cl3NO2S. The zero-order valence-electron chi connectivity index (χ0n) is 11.0. The smallest absolute Gasteiger partial charge is 0.175 e. The lowest BCUT2D eigenvalue weighted by molar-refractivity contribution is 0.602. The first kappa shape index (κ1) is 16.4. The third-order valence-electron chi connectivity index (χ3n) is 2.87. The highest BCUT2D eigenvalue weighted by atomic mass is 35.5. The van der Waals surface area contributed by atoms with E-state index in [0.29, 0.717) is 32.9 Å². The Morgan fingerprint density at radius 2 is 1.71 bits per heavy atom. The molecule has 0 fully saturated rings. The summed E-state index contributed by atoms with van der Waals surface area (Å²) < 4.78 is 23.0. The predicted octanol–water partition coefficient (Wildman–Crippen LogP) is 4.66. The molecule has 2 aromatic rings. The lowest BCUT2D eigenvalue weighted by atomic mass is 10.2. The monoisotopic (exact) mass is 363 g/mol. The van der Waals surface area contributed by atoms with Crippen molar-refractivity contribution in [2.24, 2.45) is 0 Å². The molecule has 112 valence electrons. The van der Waals surface area contributed by atoms with E-state index in [0.717, 1.165) is 6.26 Å². The standard InChI is InChI=1S/C14H12Cl3NO2S/c1-21(19,20)10-4-2-3-9(7-10)18-8-11-12(15)5-6-13(16)14(11)17/h2-7,18H,8H2,1H3. The van der Waals surface area contributed by atoms with Gasteiger partial charge in [0.1, 0.15) is 0 Å². The first-order chi connectivity index (χ1) is 9.79. The number of hydrogen-bond acceptors (Lipinski definition) is 3. The average Bonchev–Trinajstić information content (AvgIpc) is 2.42. The molecule has 1 N–H and O–H groups in total. The Kier molecular flexibility index (Phi) is 5.04. The fraction of sp³-hybridized carbons (Fsp3) is 0.143. The molecule has 0 radical (unpaired) electrons. The van der Waals surface area contributed by atoms with Crippen molar-refractivity contribution in [3.8, 4) is 0 Å². The molecule has 0 aliphatic heterocycles. The number of halogens is 3. The van der Waals surface area contributed by atoms with Gasteiger partial charge in [-0.3, -0.25) is 0 Å². The lowest BCUT2D eigenvalue weighted by Crippen LogP contribution is -2.03. The number of benzene rings is 2. The maximum atomic E-state index is 11.5. The highest BCUT2D eigenvalue weighted by Crippen LogP contribution is 2.32. The van der Waals surface area contributed by atoms with E-state index in [9.17, 15) is 8.42 Å². The molecule has 21 heavy (non-hydrogen) atoms. The summed E-state index contributed by atoms with van der Waals surface area (Å²) in [4.78, 5) is 0.246. The molecule has 0 unspecified atom stereocenters. The van der Waals surface area contributed by atoms with Gasteiger partial charge in [-0.2, -0.15) is 0 Å². The number of hydrogen-bond donors (Lipinski definition) is 1. The fourth-order valence-electron chi connectivity index (χ4n) is 1.76. The van der Waals surface area contributed by atoms with Crippen LogP contribution >= 0.6 is 34.8 Å². The number of sulfone groups is 1. The van der Waals surface area contributed by atoms with Crippen LogP contribution in [0.3, 0.4) is 0 Å². The summed E-state index contributed by atoms with van der Waals surface area (Å²) in [6.45, 7) is 0.339. The SMILES string of the molecule is CS(=O)(=O)c1cccc(NCc2c(Cl)ccc(Cl)c2Cl)c1. The van der Waals surface area contributed by atoms with Gasteiger partial charge in [-0.15, -0.1) is 0 Å². The van der Waals surface area contributed by atoms with Gasteiger partial charge >= 0.3 is 0 Å². The van der Waals surface area contributed by atoms with Crippen molar-refractivity contribution in [1.29, 1.82) is 0 Å². The largest absolute Gasteiger partial charge is 0.381 e. The van der Waals surface area contributed by atoms with E-state index in [2.05, 4.69) is 5.32 Å². The highest BCUT2D eigenvalue weighted by molar-refractivity contribution is 7.90. The average molecular weight is 365 g/mol. The summed E-state index contributed by atoms with van der Waals surface area (Å²) >= 11 is 18.2. The van der Waals surface area contributed by atoms with Gasteiger partial charge in [0.05, 0.1) is 14.9 Å². The molecule has 0 atom stereocenters. The first-order valence-corrected chi connectivity index (χ1v) is 8.98. The van der Waals surface area contributed by atoms with Crippen LogP contribution in [0.5, 0.6) is 0 Å². The van der Waals surface area contributed by atoms with Gasteiger partial charge in [0.15, 0.2) is 9.84 Å². The van der Waals surface area contributed by atoms with Crippen LogP contribution in [0.15, 0.2) is 41.3 Å². The zero-order valence-corrected chi connectivity index (χ0v) is 14.1. The number of rotatable bonds is 4. The molecule has 7 heteroatoms. The van der Waals surface area contributed by atoms with Crippen LogP contribution in [0.2, 0.25) is 15.1 Å². The van der Waals surface area contributed by atoms with Crippen LogP contribution in [-0.2, 0) is 16.4 Å². The quantitative estimate of drug-likeness (QED) is 0.802. The van der Waals surface area contributed by atoms with Gasteiger partial charge in [-0.25, -0.2) is 8.42 Å². The third kappa shape index (κ3) is 4.04. The minimum atomic E-state index is -3.24. The molecule has 0 aromatic heterocycles. The molecule has 0 spiro atoms. The molecule has 2 rings (SSSR count). The van der Waals surface area contributed by atoms with E-state index in [1.165, 1.54) is 0 Å². The van der Waals surface area contributed by atoms with E-state index in [1.54, 1.807) is 36.4 Å². The van der Waals surface area contributed by atoms with E-state index < -0.39 is 9.84 Å². The second kappa shape index (κ2) is 6.44. The highest BCUT2D eigenvalue weighted by Gasteiger charge is 2.11. The van der Waals surface area contributed by atoms with Crippen LogP contribution in [0.1, 0.15) is 5.56 Å². The summed E-state index contributed by atoms with van der Waals surface area (Å²) in [6, 6.07) is 9.82. The van der Waals surface area contributed by atoms with Crippen molar-refractivity contribution in [3.05, 3.63) is 57.0 Å². The molecule has 0 heterocycles. The van der Waals surface area contributed by atoms with Gasteiger partial charge in [0.25, 0.3) is 0 Å². The van der Waals surface area contributed by atoms with Crippen molar-refractivity contribution < 1.29 is 8.42 Å². The minimum absolute atomic E-state index is 0.246. The Balaban J connectivity index is 2.24. The summed E-state index contributed by atoms with van der Waals surface area (Å²) in [6.07, 6.45) is 1.16. The molecular weight excluding hydrogens is 353 g/mol. The van der Waals surface area contributed by atoms with Crippen molar-refractivity contribution in [2.75, 3.05) is 11.6 Å². The maximum Gasteiger partial charge on any atom is 0.175 e. The van der Waals surface area contributed by atoms with Crippen LogP contribution in [-0.4, -0.2) is 14.7 Å². The van der Waals surface area contributed by atoms with Crippen LogP contribution < -0.4 is 5.32 Å². The summed E-state index contributed by atoms with van der Waals surface area (Å²) in [5.41, 5.74) is 1.32. The zero-order chi connectivity index (χ0) is 15.6. The molecule has 0 saturated carbocycles. The normalized spacial score (nSPS) is 11.4. The Hall–Kier alpha value is -0.940. The molecule has 3 nitrogen and oxygen atoms in total. The Morgan fingerprint density at radius 1 is 1.05 bits per heavy atom. The molecule has 0 aliphatic carbocycles. The topological polar surface area (TPSA) is 46.2 Å². The fourth-order valence-corrected chi connectivity index (χ4v) is 3.11. The van der Waals surface area contributed by atoms with Crippen molar-refractivity contribution in [2.45, 2.75) is 11.4 Å². The third-order valence-corrected chi connectivity index (χ3v) is 5.18. The Labute approximate surface area is 138 Å². The van der Waals surface area contributed by atoms with E-state index in [-0.39, 0.29) is 4.90 Å². The van der Waals surface area contributed by atoms with Crippen LogP contribution in [0, 0.1) is 0 Å². The second-order valence-corrected chi connectivity index (χ2v) is 7.68. The molecule has 0 aliphatic rings. The Morgan fingerprint density at radius 3 is 2.38 bits per heavy atom. The number of nitrogens with one attached hydrogen (secondary N) is 1. The van der Waals surface area contributed by atoms with Gasteiger partial charge in [0.2, 0.25) is 0 Å². The molecule has 2 aromatic carbocycles. The molecule has 0 amide bonds.